The topological polar surface area (TPSA) is 55.3 Å². The lowest BCUT2D eigenvalue weighted by atomic mass is 10.2. The third-order valence-electron chi connectivity index (χ3n) is 2.78. The molecular formula is C12H17N3O2. The molecule has 1 aromatic heterocycles. The van der Waals surface area contributed by atoms with Gasteiger partial charge in [-0.15, -0.1) is 0 Å². The van der Waals surface area contributed by atoms with Crippen LogP contribution in [0.2, 0.25) is 0 Å². The number of rotatable bonds is 3. The number of amides is 1. The second-order valence-electron chi connectivity index (χ2n) is 4.51. The highest BCUT2D eigenvalue weighted by Gasteiger charge is 2.28. The number of likely N-dealkylation sites (tertiary alicyclic amines) is 1. The van der Waals surface area contributed by atoms with Crippen molar-refractivity contribution in [3.63, 3.8) is 0 Å². The van der Waals surface area contributed by atoms with Crippen molar-refractivity contribution in [3.8, 4) is 5.88 Å². The maximum absolute atomic E-state index is 11.8. The molecule has 2 rings (SSSR count). The van der Waals surface area contributed by atoms with Crippen LogP contribution in [-0.4, -0.2) is 40.0 Å². The Bertz CT molecular complexity index is 381. The molecule has 1 unspecified atom stereocenters. The third kappa shape index (κ3) is 2.93. The summed E-state index contributed by atoms with van der Waals surface area (Å²) in [5, 5.41) is 0. The third-order valence-corrected chi connectivity index (χ3v) is 2.78. The van der Waals surface area contributed by atoms with Gasteiger partial charge in [0.05, 0.1) is 12.7 Å². The molecule has 0 saturated carbocycles. The molecule has 1 aliphatic rings. The minimum absolute atomic E-state index is 0.0365. The van der Waals surface area contributed by atoms with Gasteiger partial charge in [-0.3, -0.25) is 9.78 Å². The predicted molar refractivity (Wildman–Crippen MR) is 62.5 cm³/mol. The molecule has 0 aliphatic carbocycles. The summed E-state index contributed by atoms with van der Waals surface area (Å²) in [6.07, 6.45) is 5.69. The van der Waals surface area contributed by atoms with Gasteiger partial charge >= 0.3 is 0 Å². The molecule has 17 heavy (non-hydrogen) atoms. The van der Waals surface area contributed by atoms with Gasteiger partial charge in [0, 0.05) is 31.3 Å². The SMILES string of the molecule is CC(C)C(=O)N1CCC(Oc2cnccn2)C1. The fourth-order valence-corrected chi connectivity index (χ4v) is 1.91. The van der Waals surface area contributed by atoms with Crippen molar-refractivity contribution in [1.29, 1.82) is 0 Å². The number of nitrogens with zero attached hydrogens (tertiary/aromatic N) is 3. The van der Waals surface area contributed by atoms with Crippen LogP contribution in [0.15, 0.2) is 18.6 Å². The molecule has 5 nitrogen and oxygen atoms in total. The van der Waals surface area contributed by atoms with Crippen molar-refractivity contribution in [1.82, 2.24) is 14.9 Å². The van der Waals surface area contributed by atoms with E-state index >= 15 is 0 Å². The lowest BCUT2D eigenvalue weighted by molar-refractivity contribution is -0.133. The van der Waals surface area contributed by atoms with Crippen molar-refractivity contribution in [3.05, 3.63) is 18.6 Å². The first-order valence-corrected chi connectivity index (χ1v) is 5.88. The quantitative estimate of drug-likeness (QED) is 0.787. The van der Waals surface area contributed by atoms with Gasteiger partial charge in [0.15, 0.2) is 0 Å². The Hall–Kier alpha value is -1.65. The van der Waals surface area contributed by atoms with Gasteiger partial charge in [-0.2, -0.15) is 0 Å². The summed E-state index contributed by atoms with van der Waals surface area (Å²) < 4.78 is 5.67. The van der Waals surface area contributed by atoms with E-state index in [0.29, 0.717) is 12.4 Å². The number of aromatic nitrogens is 2. The highest BCUT2D eigenvalue weighted by molar-refractivity contribution is 5.78. The van der Waals surface area contributed by atoms with Crippen molar-refractivity contribution >= 4 is 5.91 Å². The van der Waals surface area contributed by atoms with Crippen LogP contribution in [0.5, 0.6) is 5.88 Å². The van der Waals surface area contributed by atoms with E-state index in [-0.39, 0.29) is 17.9 Å². The first kappa shape index (κ1) is 11.8. The normalized spacial score (nSPS) is 19.7. The van der Waals surface area contributed by atoms with E-state index in [4.69, 9.17) is 4.74 Å². The molecule has 5 heteroatoms. The Labute approximate surface area is 101 Å². The second kappa shape index (κ2) is 5.12. The summed E-state index contributed by atoms with van der Waals surface area (Å²) in [4.78, 5) is 21.6. The number of carbonyl (C=O) groups excluding carboxylic acids is 1. The Morgan fingerprint density at radius 3 is 3.00 bits per heavy atom. The van der Waals surface area contributed by atoms with Gasteiger partial charge in [0.2, 0.25) is 11.8 Å². The second-order valence-corrected chi connectivity index (χ2v) is 4.51. The molecule has 1 aliphatic heterocycles. The van der Waals surface area contributed by atoms with Crippen LogP contribution in [-0.2, 0) is 4.79 Å². The summed E-state index contributed by atoms with van der Waals surface area (Å²) in [6.45, 7) is 5.24. The zero-order chi connectivity index (χ0) is 12.3. The zero-order valence-corrected chi connectivity index (χ0v) is 10.2. The van der Waals surface area contributed by atoms with Gasteiger partial charge in [0.1, 0.15) is 6.10 Å². The van der Waals surface area contributed by atoms with E-state index in [1.807, 2.05) is 18.7 Å². The molecule has 1 aromatic rings. The molecule has 2 heterocycles. The average Bonchev–Trinajstić information content (AvgIpc) is 2.77. The Morgan fingerprint density at radius 2 is 2.35 bits per heavy atom. The average molecular weight is 235 g/mol. The van der Waals surface area contributed by atoms with Crippen molar-refractivity contribution in [2.24, 2.45) is 5.92 Å². The van der Waals surface area contributed by atoms with E-state index in [2.05, 4.69) is 9.97 Å². The van der Waals surface area contributed by atoms with Crippen LogP contribution in [0, 0.1) is 5.92 Å². The van der Waals surface area contributed by atoms with Gasteiger partial charge in [-0.05, 0) is 0 Å². The Kier molecular flexibility index (Phi) is 3.56. The van der Waals surface area contributed by atoms with Crippen LogP contribution in [0.25, 0.3) is 0 Å². The highest BCUT2D eigenvalue weighted by atomic mass is 16.5. The fourth-order valence-electron chi connectivity index (χ4n) is 1.91. The molecule has 1 atom stereocenters. The van der Waals surface area contributed by atoms with Crippen molar-refractivity contribution < 1.29 is 9.53 Å². The Balaban J connectivity index is 1.88. The largest absolute Gasteiger partial charge is 0.471 e. The minimum atomic E-state index is 0.0365. The Morgan fingerprint density at radius 1 is 1.53 bits per heavy atom. The first-order valence-electron chi connectivity index (χ1n) is 5.88. The molecule has 1 saturated heterocycles. The molecule has 0 aromatic carbocycles. The van der Waals surface area contributed by atoms with Gasteiger partial charge in [-0.1, -0.05) is 13.8 Å². The van der Waals surface area contributed by atoms with Gasteiger partial charge < -0.3 is 9.64 Å². The number of carbonyl (C=O) groups is 1. The lowest BCUT2D eigenvalue weighted by Gasteiger charge is -2.18. The monoisotopic (exact) mass is 235 g/mol. The van der Waals surface area contributed by atoms with E-state index < -0.39 is 0 Å². The van der Waals surface area contributed by atoms with E-state index in [0.717, 1.165) is 13.0 Å². The summed E-state index contributed by atoms with van der Waals surface area (Å²) >= 11 is 0. The molecule has 0 bridgehead atoms. The lowest BCUT2D eigenvalue weighted by Crippen LogP contribution is -2.33. The van der Waals surface area contributed by atoms with Crippen LogP contribution < -0.4 is 4.74 Å². The number of hydrogen-bond donors (Lipinski definition) is 0. The molecule has 0 spiro atoms. The summed E-state index contributed by atoms with van der Waals surface area (Å²) in [7, 11) is 0. The van der Waals surface area contributed by atoms with E-state index in [9.17, 15) is 4.79 Å². The number of ether oxygens (including phenoxy) is 1. The minimum Gasteiger partial charge on any atom is -0.471 e. The fraction of sp³-hybridized carbons (Fsp3) is 0.583. The smallest absolute Gasteiger partial charge is 0.232 e. The maximum Gasteiger partial charge on any atom is 0.232 e. The van der Waals surface area contributed by atoms with Gasteiger partial charge in [0.25, 0.3) is 0 Å². The zero-order valence-electron chi connectivity index (χ0n) is 10.2. The summed E-state index contributed by atoms with van der Waals surface area (Å²) in [5.74, 6) is 0.761. The predicted octanol–water partition coefficient (Wildman–Crippen LogP) is 1.11. The molecule has 1 fully saturated rings. The van der Waals surface area contributed by atoms with Gasteiger partial charge in [-0.25, -0.2) is 4.98 Å². The van der Waals surface area contributed by atoms with Crippen molar-refractivity contribution in [2.45, 2.75) is 26.4 Å². The number of hydrogen-bond acceptors (Lipinski definition) is 4. The molecule has 1 amide bonds. The standard InChI is InChI=1S/C12H17N3O2/c1-9(2)12(16)15-6-3-10(8-15)17-11-7-13-4-5-14-11/h4-5,7,9-10H,3,6,8H2,1-2H3. The van der Waals surface area contributed by atoms with Crippen LogP contribution in [0.4, 0.5) is 0 Å². The van der Waals surface area contributed by atoms with E-state index in [1.54, 1.807) is 18.6 Å². The van der Waals surface area contributed by atoms with E-state index in [1.165, 1.54) is 0 Å². The van der Waals surface area contributed by atoms with Crippen LogP contribution >= 0.6 is 0 Å². The van der Waals surface area contributed by atoms with Crippen LogP contribution in [0.1, 0.15) is 20.3 Å². The maximum atomic E-state index is 11.8. The van der Waals surface area contributed by atoms with Crippen LogP contribution in [0.3, 0.4) is 0 Å². The summed E-state index contributed by atoms with van der Waals surface area (Å²) in [6, 6.07) is 0. The molecule has 0 radical (unpaired) electrons. The highest BCUT2D eigenvalue weighted by Crippen LogP contribution is 2.17. The molecule has 0 N–H and O–H groups in total. The molecule has 92 valence electrons. The molecular weight excluding hydrogens is 218 g/mol. The van der Waals surface area contributed by atoms with Crippen molar-refractivity contribution in [2.75, 3.05) is 13.1 Å². The summed E-state index contributed by atoms with van der Waals surface area (Å²) in [5.41, 5.74) is 0. The first-order chi connectivity index (χ1) is 8.16.